The van der Waals surface area contributed by atoms with Gasteiger partial charge in [0.15, 0.2) is 0 Å². The molecule has 142 valence electrons. The van der Waals surface area contributed by atoms with E-state index >= 15 is 0 Å². The molecular formula is C20H23N3O4. The summed E-state index contributed by atoms with van der Waals surface area (Å²) >= 11 is 0. The van der Waals surface area contributed by atoms with E-state index in [1.165, 1.54) is 0 Å². The van der Waals surface area contributed by atoms with Crippen molar-refractivity contribution in [2.75, 3.05) is 33.9 Å². The number of benzene rings is 1. The van der Waals surface area contributed by atoms with Crippen molar-refractivity contribution in [3.05, 3.63) is 58.9 Å². The second kappa shape index (κ2) is 6.51. The average Bonchev–Trinajstić information content (AvgIpc) is 3.04. The molecule has 1 saturated heterocycles. The van der Waals surface area contributed by atoms with Gasteiger partial charge in [0.2, 0.25) is 0 Å². The minimum atomic E-state index is -0.897. The quantitative estimate of drug-likeness (QED) is 0.887. The number of hydrogen-bond donors (Lipinski definition) is 1. The third kappa shape index (κ3) is 2.83. The van der Waals surface area contributed by atoms with Crippen molar-refractivity contribution in [1.29, 1.82) is 0 Å². The third-order valence-electron chi connectivity index (χ3n) is 5.54. The lowest BCUT2D eigenvalue weighted by atomic mass is 9.88. The molecular weight excluding hydrogens is 346 g/mol. The van der Waals surface area contributed by atoms with Crippen LogP contribution in [0.1, 0.15) is 32.1 Å². The summed E-state index contributed by atoms with van der Waals surface area (Å²) in [5.41, 5.74) is 2.86. The van der Waals surface area contributed by atoms with Crippen LogP contribution in [-0.4, -0.2) is 65.2 Å². The SMILES string of the molecule is CN(C)C(=O)c1ccc(CN2CCn3c(C(=O)O)ccc3C23COC3)cc1. The standard InChI is InChI=1S/C20H23N3O4/c1-21(2)18(24)15-5-3-14(4-6-15)11-22-9-10-23-16(19(25)26)7-8-17(23)20(22)12-27-13-20/h3-8H,9-13H2,1-2H3,(H,25,26). The second-order valence-corrected chi connectivity index (χ2v) is 7.40. The van der Waals surface area contributed by atoms with Crippen molar-refractivity contribution in [3.63, 3.8) is 0 Å². The highest BCUT2D eigenvalue weighted by Gasteiger charge is 2.50. The first-order valence-corrected chi connectivity index (χ1v) is 8.99. The van der Waals surface area contributed by atoms with Crippen LogP contribution in [0.2, 0.25) is 0 Å². The Bertz CT molecular complexity index is 881. The van der Waals surface area contributed by atoms with E-state index in [1.807, 2.05) is 34.9 Å². The molecule has 0 aliphatic carbocycles. The lowest BCUT2D eigenvalue weighted by Gasteiger charge is -2.52. The van der Waals surface area contributed by atoms with Gasteiger partial charge in [-0.05, 0) is 29.8 Å². The molecule has 1 fully saturated rings. The first-order valence-electron chi connectivity index (χ1n) is 8.99. The van der Waals surface area contributed by atoms with E-state index < -0.39 is 5.97 Å². The number of ether oxygens (including phenoxy) is 1. The summed E-state index contributed by atoms with van der Waals surface area (Å²) in [6, 6.07) is 11.3. The molecule has 0 unspecified atom stereocenters. The highest BCUT2D eigenvalue weighted by Crippen LogP contribution is 2.40. The Morgan fingerprint density at radius 2 is 1.81 bits per heavy atom. The van der Waals surface area contributed by atoms with Gasteiger partial charge >= 0.3 is 5.97 Å². The van der Waals surface area contributed by atoms with Gasteiger partial charge in [-0.2, -0.15) is 0 Å². The average molecular weight is 369 g/mol. The zero-order valence-corrected chi connectivity index (χ0v) is 15.5. The molecule has 7 heteroatoms. The number of carbonyl (C=O) groups is 2. The van der Waals surface area contributed by atoms with Gasteiger partial charge in [0, 0.05) is 45.0 Å². The Labute approximate surface area is 157 Å². The molecule has 0 bridgehead atoms. The van der Waals surface area contributed by atoms with Gasteiger partial charge in [-0.1, -0.05) is 12.1 Å². The molecule has 2 aliphatic heterocycles. The maximum Gasteiger partial charge on any atom is 0.352 e. The zero-order chi connectivity index (χ0) is 19.2. The number of carbonyl (C=O) groups excluding carboxylic acids is 1. The minimum Gasteiger partial charge on any atom is -0.477 e. The van der Waals surface area contributed by atoms with Crippen LogP contribution in [0.15, 0.2) is 36.4 Å². The van der Waals surface area contributed by atoms with E-state index in [4.69, 9.17) is 4.74 Å². The minimum absolute atomic E-state index is 0.0117. The molecule has 1 amide bonds. The summed E-state index contributed by atoms with van der Waals surface area (Å²) < 4.78 is 7.44. The molecule has 1 spiro atoms. The molecule has 1 aromatic heterocycles. The van der Waals surface area contributed by atoms with Gasteiger partial charge in [0.05, 0.1) is 13.2 Å². The fourth-order valence-electron chi connectivity index (χ4n) is 3.99. The molecule has 2 aliphatic rings. The Kier molecular flexibility index (Phi) is 4.28. The summed E-state index contributed by atoms with van der Waals surface area (Å²) in [7, 11) is 3.48. The summed E-state index contributed by atoms with van der Waals surface area (Å²) in [4.78, 5) is 27.4. The van der Waals surface area contributed by atoms with Crippen LogP contribution in [-0.2, 0) is 23.4 Å². The molecule has 1 N–H and O–H groups in total. The van der Waals surface area contributed by atoms with E-state index in [1.54, 1.807) is 25.1 Å². The van der Waals surface area contributed by atoms with Crippen LogP contribution in [0.4, 0.5) is 0 Å². The van der Waals surface area contributed by atoms with Crippen molar-refractivity contribution in [1.82, 2.24) is 14.4 Å². The van der Waals surface area contributed by atoms with Gasteiger partial charge in [-0.15, -0.1) is 0 Å². The number of nitrogens with zero attached hydrogens (tertiary/aromatic N) is 3. The molecule has 0 radical (unpaired) electrons. The topological polar surface area (TPSA) is 75.0 Å². The Morgan fingerprint density at radius 1 is 1.11 bits per heavy atom. The lowest BCUT2D eigenvalue weighted by Crippen LogP contribution is -2.63. The summed E-state index contributed by atoms with van der Waals surface area (Å²) in [6.45, 7) is 3.25. The van der Waals surface area contributed by atoms with Crippen molar-refractivity contribution < 1.29 is 19.4 Å². The number of fused-ring (bicyclic) bond motifs is 2. The van der Waals surface area contributed by atoms with Crippen molar-refractivity contribution in [2.24, 2.45) is 0 Å². The molecule has 27 heavy (non-hydrogen) atoms. The first kappa shape index (κ1) is 17.8. The van der Waals surface area contributed by atoms with Crippen molar-refractivity contribution >= 4 is 11.9 Å². The van der Waals surface area contributed by atoms with Gasteiger partial charge in [0.25, 0.3) is 5.91 Å². The molecule has 4 rings (SSSR count). The Balaban J connectivity index is 1.58. The van der Waals surface area contributed by atoms with E-state index in [9.17, 15) is 14.7 Å². The van der Waals surface area contributed by atoms with Crippen molar-refractivity contribution in [2.45, 2.75) is 18.6 Å². The Morgan fingerprint density at radius 3 is 2.37 bits per heavy atom. The van der Waals surface area contributed by atoms with Gasteiger partial charge in [0.1, 0.15) is 11.2 Å². The molecule has 2 aromatic rings. The zero-order valence-electron chi connectivity index (χ0n) is 15.5. The molecule has 3 heterocycles. The van der Waals surface area contributed by atoms with Crippen LogP contribution in [0.3, 0.4) is 0 Å². The number of hydrogen-bond acceptors (Lipinski definition) is 4. The summed E-state index contributed by atoms with van der Waals surface area (Å²) in [5, 5.41) is 9.40. The number of rotatable bonds is 4. The van der Waals surface area contributed by atoms with E-state index in [0.29, 0.717) is 31.0 Å². The highest BCUT2D eigenvalue weighted by molar-refractivity contribution is 5.93. The monoisotopic (exact) mass is 369 g/mol. The number of carboxylic acids is 1. The number of carboxylic acid groups (broad SMARTS) is 1. The van der Waals surface area contributed by atoms with Crippen LogP contribution < -0.4 is 0 Å². The molecule has 0 atom stereocenters. The number of aromatic carboxylic acids is 1. The molecule has 1 aromatic carbocycles. The lowest BCUT2D eigenvalue weighted by molar-refractivity contribution is -0.162. The Hall–Kier alpha value is -2.64. The van der Waals surface area contributed by atoms with Gasteiger partial charge in [-0.3, -0.25) is 9.69 Å². The molecule has 7 nitrogen and oxygen atoms in total. The fraction of sp³-hybridized carbons (Fsp3) is 0.400. The predicted molar refractivity (Wildman–Crippen MR) is 98.8 cm³/mol. The smallest absolute Gasteiger partial charge is 0.352 e. The maximum absolute atomic E-state index is 12.0. The third-order valence-corrected chi connectivity index (χ3v) is 5.54. The highest BCUT2D eigenvalue weighted by atomic mass is 16.5. The number of amides is 1. The van der Waals surface area contributed by atoms with Crippen LogP contribution >= 0.6 is 0 Å². The fourth-order valence-corrected chi connectivity index (χ4v) is 3.99. The maximum atomic E-state index is 12.0. The number of aromatic nitrogens is 1. The van der Waals surface area contributed by atoms with E-state index in [2.05, 4.69) is 4.90 Å². The largest absolute Gasteiger partial charge is 0.477 e. The van der Waals surface area contributed by atoms with Gasteiger partial charge in [-0.25, -0.2) is 4.79 Å². The second-order valence-electron chi connectivity index (χ2n) is 7.40. The van der Waals surface area contributed by atoms with Crippen LogP contribution in [0.25, 0.3) is 0 Å². The predicted octanol–water partition coefficient (Wildman–Crippen LogP) is 1.63. The van der Waals surface area contributed by atoms with E-state index in [-0.39, 0.29) is 11.4 Å². The normalized spacial score (nSPS) is 18.0. The summed E-state index contributed by atoms with van der Waals surface area (Å²) in [6.07, 6.45) is 0. The first-order chi connectivity index (χ1) is 12.9. The van der Waals surface area contributed by atoms with Crippen molar-refractivity contribution in [3.8, 4) is 0 Å². The van der Waals surface area contributed by atoms with Crippen LogP contribution in [0, 0.1) is 0 Å². The molecule has 0 saturated carbocycles. The van der Waals surface area contributed by atoms with E-state index in [0.717, 1.165) is 24.3 Å². The van der Waals surface area contributed by atoms with Gasteiger partial charge < -0.3 is 19.3 Å². The summed E-state index contributed by atoms with van der Waals surface area (Å²) in [5.74, 6) is -0.909. The van der Waals surface area contributed by atoms with Crippen LogP contribution in [0.5, 0.6) is 0 Å².